The van der Waals surface area contributed by atoms with Crippen LogP contribution in [0.15, 0.2) is 84.2 Å². The van der Waals surface area contributed by atoms with Gasteiger partial charge in [0.25, 0.3) is 0 Å². The zero-order valence-electron chi connectivity index (χ0n) is 43.3. The van der Waals surface area contributed by atoms with Crippen LogP contribution in [0.5, 0.6) is 11.8 Å². The quantitative estimate of drug-likeness (QED) is 0.0837. The van der Waals surface area contributed by atoms with Gasteiger partial charge in [0.15, 0.2) is 0 Å². The molecule has 6 aromatic rings. The van der Waals surface area contributed by atoms with Crippen molar-refractivity contribution in [2.75, 3.05) is 75.9 Å². The summed E-state index contributed by atoms with van der Waals surface area (Å²) in [7, 11) is 2.12. The predicted molar refractivity (Wildman–Crippen MR) is 294 cm³/mol. The lowest BCUT2D eigenvalue weighted by atomic mass is 9.83. The number of carbonyl (C=O) groups is 2. The van der Waals surface area contributed by atoms with Gasteiger partial charge in [-0.25, -0.2) is 4.98 Å². The fourth-order valence-electron chi connectivity index (χ4n) is 12.3. The highest BCUT2D eigenvalue weighted by Gasteiger charge is 2.40. The van der Waals surface area contributed by atoms with Gasteiger partial charge in [-0.3, -0.25) is 14.5 Å². The van der Waals surface area contributed by atoms with Crippen LogP contribution in [-0.4, -0.2) is 127 Å². The van der Waals surface area contributed by atoms with E-state index in [1.807, 2.05) is 23.1 Å². The molecule has 15 nitrogen and oxygen atoms in total. The van der Waals surface area contributed by atoms with Crippen LogP contribution in [0.3, 0.4) is 0 Å². The van der Waals surface area contributed by atoms with Gasteiger partial charge in [-0.15, -0.1) is 11.3 Å². The summed E-state index contributed by atoms with van der Waals surface area (Å²) in [6.07, 6.45) is 10.5. The van der Waals surface area contributed by atoms with Gasteiger partial charge in [0.05, 0.1) is 54.7 Å². The minimum atomic E-state index is -0.524. The maximum atomic E-state index is 14.4. The fraction of sp³-hybridized carbons (Fsp3) is 0.475. The molecule has 6 heterocycles. The van der Waals surface area contributed by atoms with Crippen molar-refractivity contribution >= 4 is 56.2 Å². The first-order valence-electron chi connectivity index (χ1n) is 27.2. The zero-order valence-corrected chi connectivity index (χ0v) is 44.1. The zero-order chi connectivity index (χ0) is 51.3. The average Bonchev–Trinajstić information content (AvgIpc) is 4.23. The number of anilines is 2. The second kappa shape index (κ2) is 23.2. The monoisotopic (exact) mass is 1030 g/mol. The first-order valence-corrected chi connectivity index (χ1v) is 28.1. The Balaban J connectivity index is 0.742. The Morgan fingerprint density at radius 1 is 0.880 bits per heavy atom. The van der Waals surface area contributed by atoms with E-state index in [2.05, 4.69) is 104 Å². The molecule has 0 unspecified atom stereocenters. The van der Waals surface area contributed by atoms with Crippen molar-refractivity contribution in [1.29, 1.82) is 5.26 Å². The number of benzene rings is 4. The number of likely N-dealkylation sites (tertiary alicyclic amines) is 2. The highest BCUT2D eigenvalue weighted by atomic mass is 32.1. The second-order valence-electron chi connectivity index (χ2n) is 21.0. The number of nitrogens with one attached hydrogen (secondary N) is 2. The Morgan fingerprint density at radius 2 is 1.69 bits per heavy atom. The number of ether oxygens (including phenoxy) is 3. The Bertz CT molecular complexity index is 3020. The maximum absolute atomic E-state index is 14.4. The molecule has 4 aromatic carbocycles. The van der Waals surface area contributed by atoms with Gasteiger partial charge in [0.1, 0.15) is 35.8 Å². The number of carbonyl (C=O) groups excluding carboxylic acids is 2. The number of hydrogen-bond donors (Lipinski definition) is 2. The molecule has 5 aliphatic rings. The molecular formula is C59H69N10O5S. The van der Waals surface area contributed by atoms with E-state index < -0.39 is 6.04 Å². The highest BCUT2D eigenvalue weighted by Crippen LogP contribution is 2.42. The molecule has 16 heteroatoms. The van der Waals surface area contributed by atoms with Crippen LogP contribution in [0, 0.1) is 23.7 Å². The average molecular weight is 1030 g/mol. The van der Waals surface area contributed by atoms with Crippen LogP contribution in [0.1, 0.15) is 87.0 Å². The third-order valence-corrected chi connectivity index (χ3v) is 17.2. The number of rotatable bonds is 17. The Kier molecular flexibility index (Phi) is 15.7. The molecule has 5 atom stereocenters. The summed E-state index contributed by atoms with van der Waals surface area (Å²) in [5.74, 6) is 1.63. The van der Waals surface area contributed by atoms with Gasteiger partial charge in [-0.2, -0.15) is 15.2 Å². The first-order chi connectivity index (χ1) is 36.8. The van der Waals surface area contributed by atoms with Crippen molar-refractivity contribution in [2.45, 2.75) is 108 Å². The van der Waals surface area contributed by atoms with E-state index >= 15 is 0 Å². The second-order valence-corrected chi connectivity index (χ2v) is 21.8. The number of likely N-dealkylation sites (N-methyl/N-ethyl adjacent to an activating group) is 1. The van der Waals surface area contributed by atoms with Crippen molar-refractivity contribution in [3.05, 3.63) is 107 Å². The number of nitrogens with zero attached hydrogens (tertiary/aromatic N) is 8. The van der Waals surface area contributed by atoms with E-state index in [-0.39, 0.29) is 42.0 Å². The number of thiazole rings is 1. The SMILES string of the molecule is C[CH]C(=O)N[C@H](C(=O)N1CCC[C@H]1c1nc(-c2c(OCCO[C@@H]3C[C@@H](COc4nc5c(c(N6CCN[C@@H](CC#N)C6)n4)CCN(c4cccc6ccccc46)C5)N(C)C3)ccc3ccccc23)cs1)C1CCCCC1. The summed E-state index contributed by atoms with van der Waals surface area (Å²) in [5, 5.41) is 23.7. The van der Waals surface area contributed by atoms with E-state index in [0.717, 1.165) is 122 Å². The van der Waals surface area contributed by atoms with Gasteiger partial charge in [-0.1, -0.05) is 92.9 Å². The molecule has 2 N–H and O–H groups in total. The molecule has 1 aliphatic carbocycles. The van der Waals surface area contributed by atoms with Crippen LogP contribution in [0.4, 0.5) is 11.5 Å². The van der Waals surface area contributed by atoms with Gasteiger partial charge in [0.2, 0.25) is 11.8 Å². The molecule has 391 valence electrons. The lowest BCUT2D eigenvalue weighted by molar-refractivity contribution is -0.138. The lowest BCUT2D eigenvalue weighted by Crippen LogP contribution is -2.52. The number of hydrogen-bond acceptors (Lipinski definition) is 14. The van der Waals surface area contributed by atoms with Gasteiger partial charge in [0, 0.05) is 79.8 Å². The van der Waals surface area contributed by atoms with Crippen LogP contribution >= 0.6 is 11.3 Å². The molecule has 0 spiro atoms. The summed E-state index contributed by atoms with van der Waals surface area (Å²) in [6.45, 7) is 8.13. The number of aromatic nitrogens is 3. The Labute approximate surface area is 444 Å². The predicted octanol–water partition coefficient (Wildman–Crippen LogP) is 8.66. The lowest BCUT2D eigenvalue weighted by Gasteiger charge is -2.37. The van der Waals surface area contributed by atoms with E-state index in [0.29, 0.717) is 51.9 Å². The highest BCUT2D eigenvalue weighted by molar-refractivity contribution is 7.10. The largest absolute Gasteiger partial charge is 0.490 e. The molecule has 3 saturated heterocycles. The van der Waals surface area contributed by atoms with Gasteiger partial charge in [-0.05, 0) is 79.8 Å². The minimum absolute atomic E-state index is 0.000223. The van der Waals surface area contributed by atoms with E-state index in [1.54, 1.807) is 18.3 Å². The van der Waals surface area contributed by atoms with Crippen molar-refractivity contribution in [3.8, 4) is 29.1 Å². The smallest absolute Gasteiger partial charge is 0.318 e. The molecule has 2 aromatic heterocycles. The van der Waals surface area contributed by atoms with E-state index in [9.17, 15) is 14.9 Å². The molecular weight excluding hydrogens is 961 g/mol. The Hall–Kier alpha value is -6.38. The molecule has 1 radical (unpaired) electrons. The molecule has 11 rings (SSSR count). The topological polar surface area (TPSA) is 161 Å². The number of fused-ring (bicyclic) bond motifs is 3. The molecule has 2 amide bonds. The number of nitriles is 1. The van der Waals surface area contributed by atoms with Crippen LogP contribution < -0.4 is 29.9 Å². The number of amides is 2. The number of piperazine rings is 1. The molecule has 4 fully saturated rings. The van der Waals surface area contributed by atoms with E-state index in [1.165, 1.54) is 34.9 Å². The van der Waals surface area contributed by atoms with Crippen LogP contribution in [0.25, 0.3) is 32.8 Å². The standard InChI is InChI=1S/C59H69N10O5S/c1-3-53(70)64-55(41-15-5-4-6-16-41)58(71)69-28-12-21-51(69)57-62-49(38-75-57)54-46-19-10-8-14-40(46)22-23-52(54)73-32-31-72-44-33-43(66(2)35-44)37-74-59-63-48-36-67(50-20-11-17-39-13-7-9-18-45(39)50)29-25-47(48)56(65-59)68-30-27-61-42(34-68)24-26-60/h3,7-11,13-14,17-20,22-23,38,41-44,51,55,61H,4-6,12,15-16,21,24-25,27-37H2,1-2H3,(H,64,70)/t42-,43-,44+,51-,55-/m0/s1. The van der Waals surface area contributed by atoms with E-state index in [4.69, 9.17) is 29.2 Å². The van der Waals surface area contributed by atoms with Crippen molar-refractivity contribution < 1.29 is 23.8 Å². The summed E-state index contributed by atoms with van der Waals surface area (Å²) in [6, 6.07) is 29.7. The normalized spacial score (nSPS) is 21.8. The third kappa shape index (κ3) is 11.1. The molecule has 0 bridgehead atoms. The molecule has 75 heavy (non-hydrogen) atoms. The van der Waals surface area contributed by atoms with Crippen molar-refractivity contribution in [2.24, 2.45) is 5.92 Å². The minimum Gasteiger partial charge on any atom is -0.490 e. The summed E-state index contributed by atoms with van der Waals surface area (Å²) in [5.41, 5.74) is 5.11. The molecule has 1 saturated carbocycles. The van der Waals surface area contributed by atoms with Crippen LogP contribution in [-0.2, 0) is 27.3 Å². The maximum Gasteiger partial charge on any atom is 0.318 e. The van der Waals surface area contributed by atoms with Crippen molar-refractivity contribution in [3.63, 3.8) is 0 Å². The van der Waals surface area contributed by atoms with Crippen molar-refractivity contribution in [1.82, 2.24) is 35.4 Å². The Morgan fingerprint density at radius 3 is 2.53 bits per heavy atom. The fourth-order valence-corrected chi connectivity index (χ4v) is 13.2. The summed E-state index contributed by atoms with van der Waals surface area (Å²) < 4.78 is 19.7. The molecule has 4 aliphatic heterocycles. The van der Waals surface area contributed by atoms with Gasteiger partial charge >= 0.3 is 6.01 Å². The van der Waals surface area contributed by atoms with Gasteiger partial charge < -0.3 is 39.5 Å². The first kappa shape index (κ1) is 50.8. The van der Waals surface area contributed by atoms with Crippen LogP contribution in [0.2, 0.25) is 0 Å². The third-order valence-electron chi connectivity index (χ3n) is 16.2. The summed E-state index contributed by atoms with van der Waals surface area (Å²) >= 11 is 1.59. The summed E-state index contributed by atoms with van der Waals surface area (Å²) in [4.78, 5) is 51.6.